The van der Waals surface area contributed by atoms with Gasteiger partial charge in [-0.25, -0.2) is 8.42 Å². The first-order valence-corrected chi connectivity index (χ1v) is 9.76. The van der Waals surface area contributed by atoms with E-state index in [-0.39, 0.29) is 28.3 Å². The molecule has 142 valence electrons. The molecule has 27 heavy (non-hydrogen) atoms. The molecule has 1 amide bonds. The van der Waals surface area contributed by atoms with Gasteiger partial charge >= 0.3 is 0 Å². The summed E-state index contributed by atoms with van der Waals surface area (Å²) in [6.07, 6.45) is 1.57. The van der Waals surface area contributed by atoms with E-state index in [4.69, 9.17) is 8.83 Å². The van der Waals surface area contributed by atoms with Gasteiger partial charge in [-0.05, 0) is 50.5 Å². The average molecular weight is 388 g/mol. The van der Waals surface area contributed by atoms with Crippen LogP contribution in [0.15, 0.2) is 79.7 Å². The third kappa shape index (κ3) is 4.12. The Balaban J connectivity index is 1.72. The maximum absolute atomic E-state index is 12.5. The molecule has 2 aromatic heterocycles. The fourth-order valence-electron chi connectivity index (χ4n) is 2.60. The molecule has 2 heterocycles. The zero-order valence-corrected chi connectivity index (χ0v) is 15.8. The molecule has 0 saturated carbocycles. The standard InChI is InChI=1S/C19H20N2O5S/c1-21(2)15(16-9-6-12-25-16)13-20-19(22)17-10-11-18(26-17)27(23,24)14-7-4-3-5-8-14/h3-12,15H,13H2,1-2H3,(H,20,22). The van der Waals surface area contributed by atoms with E-state index in [1.54, 1.807) is 30.5 Å². The number of amides is 1. The van der Waals surface area contributed by atoms with Crippen LogP contribution in [-0.2, 0) is 9.84 Å². The molecular formula is C19H20N2O5S. The minimum Gasteiger partial charge on any atom is -0.468 e. The third-order valence-electron chi connectivity index (χ3n) is 4.07. The number of nitrogens with one attached hydrogen (secondary N) is 1. The van der Waals surface area contributed by atoms with Gasteiger partial charge in [0.15, 0.2) is 5.76 Å². The summed E-state index contributed by atoms with van der Waals surface area (Å²) in [6, 6.07) is 14.0. The van der Waals surface area contributed by atoms with E-state index >= 15 is 0 Å². The first kappa shape index (κ1) is 18.9. The zero-order valence-electron chi connectivity index (χ0n) is 15.0. The van der Waals surface area contributed by atoms with Crippen LogP contribution in [-0.4, -0.2) is 39.9 Å². The van der Waals surface area contributed by atoms with Crippen molar-refractivity contribution < 1.29 is 22.0 Å². The summed E-state index contributed by atoms with van der Waals surface area (Å²) in [5, 5.41) is 2.47. The third-order valence-corrected chi connectivity index (χ3v) is 5.72. The van der Waals surface area contributed by atoms with Crippen molar-refractivity contribution in [2.24, 2.45) is 0 Å². The van der Waals surface area contributed by atoms with Crippen molar-refractivity contribution in [3.63, 3.8) is 0 Å². The van der Waals surface area contributed by atoms with Gasteiger partial charge in [0.25, 0.3) is 5.91 Å². The highest BCUT2D eigenvalue weighted by Gasteiger charge is 2.24. The van der Waals surface area contributed by atoms with Crippen molar-refractivity contribution in [3.05, 3.63) is 72.4 Å². The molecule has 0 saturated heterocycles. The second-order valence-corrected chi connectivity index (χ2v) is 8.02. The molecule has 0 aliphatic rings. The van der Waals surface area contributed by atoms with Crippen LogP contribution >= 0.6 is 0 Å². The van der Waals surface area contributed by atoms with E-state index < -0.39 is 15.7 Å². The van der Waals surface area contributed by atoms with Crippen molar-refractivity contribution in [3.8, 4) is 0 Å². The lowest BCUT2D eigenvalue weighted by molar-refractivity contribution is 0.0906. The van der Waals surface area contributed by atoms with E-state index in [9.17, 15) is 13.2 Å². The molecule has 0 aliphatic carbocycles. The van der Waals surface area contributed by atoms with Gasteiger partial charge in [0.05, 0.1) is 17.2 Å². The van der Waals surface area contributed by atoms with Crippen molar-refractivity contribution in [2.45, 2.75) is 16.0 Å². The number of hydrogen-bond donors (Lipinski definition) is 1. The van der Waals surface area contributed by atoms with Gasteiger partial charge in [0.2, 0.25) is 14.9 Å². The van der Waals surface area contributed by atoms with Crippen LogP contribution < -0.4 is 5.32 Å². The quantitative estimate of drug-likeness (QED) is 0.669. The Morgan fingerprint density at radius 2 is 1.81 bits per heavy atom. The number of nitrogens with zero attached hydrogens (tertiary/aromatic N) is 1. The first-order chi connectivity index (χ1) is 12.9. The minimum absolute atomic E-state index is 0.0681. The predicted molar refractivity (Wildman–Crippen MR) is 98.1 cm³/mol. The molecule has 0 aliphatic heterocycles. The van der Waals surface area contributed by atoms with Crippen molar-refractivity contribution >= 4 is 15.7 Å². The van der Waals surface area contributed by atoms with Crippen LogP contribution in [0, 0.1) is 0 Å². The SMILES string of the molecule is CN(C)C(CNC(=O)c1ccc(S(=O)(=O)c2ccccc2)o1)c1ccco1. The number of carbonyl (C=O) groups excluding carboxylic acids is 1. The molecule has 0 radical (unpaired) electrons. The summed E-state index contributed by atoms with van der Waals surface area (Å²) in [6.45, 7) is 0.279. The van der Waals surface area contributed by atoms with Crippen LogP contribution in [0.25, 0.3) is 0 Å². The predicted octanol–water partition coefficient (Wildman–Crippen LogP) is 2.74. The van der Waals surface area contributed by atoms with Gasteiger partial charge in [-0.15, -0.1) is 0 Å². The van der Waals surface area contributed by atoms with E-state index in [0.717, 1.165) is 0 Å². The minimum atomic E-state index is -3.80. The molecule has 8 heteroatoms. The van der Waals surface area contributed by atoms with Gasteiger partial charge < -0.3 is 14.2 Å². The second kappa shape index (κ2) is 7.81. The Bertz CT molecular complexity index is 992. The van der Waals surface area contributed by atoms with Crippen LogP contribution in [0.4, 0.5) is 0 Å². The molecule has 0 fully saturated rings. The summed E-state index contributed by atoms with van der Waals surface area (Å²) in [7, 11) is -0.0581. The molecule has 1 aromatic carbocycles. The number of furan rings is 2. The summed E-state index contributed by atoms with van der Waals surface area (Å²) in [5.41, 5.74) is 0. The van der Waals surface area contributed by atoms with Crippen molar-refractivity contribution in [1.82, 2.24) is 10.2 Å². The van der Waals surface area contributed by atoms with Gasteiger partial charge in [0.1, 0.15) is 5.76 Å². The van der Waals surface area contributed by atoms with Gasteiger partial charge in [0, 0.05) is 6.54 Å². The molecule has 1 N–H and O–H groups in total. The Morgan fingerprint density at radius 1 is 1.07 bits per heavy atom. The first-order valence-electron chi connectivity index (χ1n) is 8.27. The lowest BCUT2D eigenvalue weighted by atomic mass is 10.2. The van der Waals surface area contributed by atoms with E-state index in [2.05, 4.69) is 5.32 Å². The Kier molecular flexibility index (Phi) is 5.48. The second-order valence-electron chi connectivity index (χ2n) is 6.14. The lowest BCUT2D eigenvalue weighted by Gasteiger charge is -2.22. The molecule has 0 spiro atoms. The Morgan fingerprint density at radius 3 is 2.44 bits per heavy atom. The van der Waals surface area contributed by atoms with Crippen LogP contribution in [0.2, 0.25) is 0 Å². The molecule has 3 rings (SSSR count). The van der Waals surface area contributed by atoms with Crippen molar-refractivity contribution in [1.29, 1.82) is 0 Å². The van der Waals surface area contributed by atoms with Gasteiger partial charge in [-0.1, -0.05) is 18.2 Å². The summed E-state index contributed by atoms with van der Waals surface area (Å²) >= 11 is 0. The summed E-state index contributed by atoms with van der Waals surface area (Å²) in [5.74, 6) is 0.150. The van der Waals surface area contributed by atoms with E-state index in [0.29, 0.717) is 5.76 Å². The zero-order chi connectivity index (χ0) is 19.4. The normalized spacial score (nSPS) is 12.9. The molecular weight excluding hydrogens is 368 g/mol. The number of sulfone groups is 1. The molecule has 1 unspecified atom stereocenters. The smallest absolute Gasteiger partial charge is 0.287 e. The number of carbonyl (C=O) groups is 1. The van der Waals surface area contributed by atoms with E-state index in [1.807, 2.05) is 25.1 Å². The maximum atomic E-state index is 12.5. The summed E-state index contributed by atoms with van der Waals surface area (Å²) < 4.78 is 35.8. The highest BCUT2D eigenvalue weighted by Crippen LogP contribution is 2.23. The number of rotatable bonds is 7. The fraction of sp³-hybridized carbons (Fsp3) is 0.211. The van der Waals surface area contributed by atoms with E-state index in [1.165, 1.54) is 24.3 Å². The number of benzene rings is 1. The molecule has 3 aromatic rings. The Hall–Kier alpha value is -2.84. The molecule has 0 bridgehead atoms. The highest BCUT2D eigenvalue weighted by molar-refractivity contribution is 7.91. The number of hydrogen-bond acceptors (Lipinski definition) is 6. The van der Waals surface area contributed by atoms with Crippen LogP contribution in [0.1, 0.15) is 22.4 Å². The van der Waals surface area contributed by atoms with Gasteiger partial charge in [-0.2, -0.15) is 0 Å². The average Bonchev–Trinajstić information content (AvgIpc) is 3.34. The largest absolute Gasteiger partial charge is 0.468 e. The van der Waals surface area contributed by atoms with Crippen LogP contribution in [0.3, 0.4) is 0 Å². The lowest BCUT2D eigenvalue weighted by Crippen LogP contribution is -2.34. The Labute approximate surface area is 157 Å². The van der Waals surface area contributed by atoms with Crippen LogP contribution in [0.5, 0.6) is 0 Å². The monoisotopic (exact) mass is 388 g/mol. The maximum Gasteiger partial charge on any atom is 0.287 e. The van der Waals surface area contributed by atoms with Gasteiger partial charge in [-0.3, -0.25) is 9.69 Å². The highest BCUT2D eigenvalue weighted by atomic mass is 32.2. The van der Waals surface area contributed by atoms with Crippen molar-refractivity contribution in [2.75, 3.05) is 20.6 Å². The summed E-state index contributed by atoms with van der Waals surface area (Å²) in [4.78, 5) is 14.4. The molecule has 7 nitrogen and oxygen atoms in total. The molecule has 1 atom stereocenters. The fourth-order valence-corrected chi connectivity index (χ4v) is 3.79. The topological polar surface area (TPSA) is 92.8 Å². The number of likely N-dealkylation sites (N-methyl/N-ethyl adjacent to an activating group) is 1.